The summed E-state index contributed by atoms with van der Waals surface area (Å²) >= 11 is 1.19. The minimum atomic E-state index is -0.522. The van der Waals surface area contributed by atoms with Crippen molar-refractivity contribution in [3.8, 4) is 11.3 Å². The molecule has 1 aliphatic rings. The molecule has 0 spiro atoms. The first-order valence-electron chi connectivity index (χ1n) is 10.1. The van der Waals surface area contributed by atoms with Gasteiger partial charge in [0.1, 0.15) is 5.82 Å². The van der Waals surface area contributed by atoms with Crippen molar-refractivity contribution in [3.05, 3.63) is 64.8 Å². The number of hydrogen-bond acceptors (Lipinski definition) is 5. The third-order valence-electron chi connectivity index (χ3n) is 5.05. The monoisotopic (exact) mass is 452 g/mol. The number of hydrogen-bond donors (Lipinski definition) is 2. The van der Waals surface area contributed by atoms with Gasteiger partial charge in [0.15, 0.2) is 5.13 Å². The van der Waals surface area contributed by atoms with Crippen LogP contribution in [-0.2, 0) is 16.1 Å². The molecular formula is C23H21FN4O3S. The molecule has 9 heteroatoms. The number of nitrogens with one attached hydrogen (secondary N) is 2. The van der Waals surface area contributed by atoms with Crippen LogP contribution < -0.4 is 10.6 Å². The number of thiazole rings is 1. The van der Waals surface area contributed by atoms with Gasteiger partial charge >= 0.3 is 0 Å². The molecule has 1 saturated heterocycles. The Morgan fingerprint density at radius 2 is 1.94 bits per heavy atom. The number of rotatable bonds is 6. The molecule has 7 nitrogen and oxygen atoms in total. The van der Waals surface area contributed by atoms with E-state index in [1.165, 1.54) is 30.4 Å². The molecule has 32 heavy (non-hydrogen) atoms. The molecule has 3 amide bonds. The number of anilines is 2. The molecule has 0 atom stereocenters. The molecule has 1 aliphatic heterocycles. The number of carbonyl (C=O) groups is 3. The minimum absolute atomic E-state index is 0.160. The lowest BCUT2D eigenvalue weighted by atomic mass is 10.1. The molecule has 0 unspecified atom stereocenters. The lowest BCUT2D eigenvalue weighted by Crippen LogP contribution is -2.23. The summed E-state index contributed by atoms with van der Waals surface area (Å²) in [5, 5.41) is 7.26. The van der Waals surface area contributed by atoms with Gasteiger partial charge in [0, 0.05) is 48.6 Å². The summed E-state index contributed by atoms with van der Waals surface area (Å²) in [5.41, 5.74) is 2.45. The van der Waals surface area contributed by atoms with Crippen LogP contribution in [0.3, 0.4) is 0 Å². The van der Waals surface area contributed by atoms with E-state index in [-0.39, 0.29) is 23.3 Å². The van der Waals surface area contributed by atoms with Crippen molar-refractivity contribution < 1.29 is 18.8 Å². The second-order valence-electron chi connectivity index (χ2n) is 7.48. The van der Waals surface area contributed by atoms with Gasteiger partial charge in [-0.2, -0.15) is 0 Å². The highest BCUT2D eigenvalue weighted by atomic mass is 32.1. The van der Waals surface area contributed by atoms with E-state index in [1.54, 1.807) is 23.6 Å². The maximum absolute atomic E-state index is 14.4. The number of likely N-dealkylation sites (tertiary alicyclic amines) is 1. The van der Waals surface area contributed by atoms with E-state index in [9.17, 15) is 18.8 Å². The lowest BCUT2D eigenvalue weighted by molar-refractivity contribution is -0.128. The van der Waals surface area contributed by atoms with Crippen LogP contribution in [0.4, 0.5) is 15.2 Å². The normalized spacial score (nSPS) is 13.3. The predicted molar refractivity (Wildman–Crippen MR) is 121 cm³/mol. The number of carbonyl (C=O) groups excluding carboxylic acids is 3. The van der Waals surface area contributed by atoms with Gasteiger partial charge in [-0.05, 0) is 42.3 Å². The Hall–Kier alpha value is -3.59. The maximum atomic E-state index is 14.4. The molecule has 1 aromatic heterocycles. The summed E-state index contributed by atoms with van der Waals surface area (Å²) in [6.07, 6.45) is 1.48. The van der Waals surface area contributed by atoms with Crippen LogP contribution >= 0.6 is 11.3 Å². The zero-order chi connectivity index (χ0) is 22.7. The third kappa shape index (κ3) is 5.00. The molecule has 0 saturated carbocycles. The molecule has 3 aromatic rings. The minimum Gasteiger partial charge on any atom is -0.338 e. The van der Waals surface area contributed by atoms with Crippen molar-refractivity contribution in [1.29, 1.82) is 0 Å². The molecule has 0 radical (unpaired) electrons. The van der Waals surface area contributed by atoms with Gasteiger partial charge in [0.25, 0.3) is 5.91 Å². The Labute approximate surface area is 188 Å². The Kier molecular flexibility index (Phi) is 6.27. The van der Waals surface area contributed by atoms with E-state index in [1.807, 2.05) is 17.0 Å². The van der Waals surface area contributed by atoms with Crippen LogP contribution in [0.5, 0.6) is 0 Å². The fourth-order valence-corrected chi connectivity index (χ4v) is 4.19. The summed E-state index contributed by atoms with van der Waals surface area (Å²) in [6, 6.07) is 11.4. The molecule has 164 valence electrons. The first-order chi connectivity index (χ1) is 15.4. The standard InChI is InChI=1S/C23H21FN4O3S/c1-14(29)25-17-8-9-18(19(24)11-17)20-13-32-23(26-20)27-22(31)16-6-4-15(5-7-16)12-28-10-2-3-21(28)30/h4-9,11,13H,2-3,10,12H2,1H3,(H,25,29)(H,26,27,31). The summed E-state index contributed by atoms with van der Waals surface area (Å²) in [6.45, 7) is 2.66. The Bertz CT molecular complexity index is 1180. The van der Waals surface area contributed by atoms with E-state index in [0.717, 1.165) is 18.5 Å². The van der Waals surface area contributed by atoms with Gasteiger partial charge in [-0.3, -0.25) is 19.7 Å². The fourth-order valence-electron chi connectivity index (χ4n) is 3.48. The topological polar surface area (TPSA) is 91.4 Å². The van der Waals surface area contributed by atoms with Gasteiger partial charge in [-0.1, -0.05) is 12.1 Å². The Morgan fingerprint density at radius 3 is 2.59 bits per heavy atom. The smallest absolute Gasteiger partial charge is 0.257 e. The van der Waals surface area contributed by atoms with Crippen LogP contribution in [0.1, 0.15) is 35.7 Å². The van der Waals surface area contributed by atoms with E-state index < -0.39 is 5.82 Å². The second kappa shape index (κ2) is 9.27. The number of nitrogens with zero attached hydrogens (tertiary/aromatic N) is 2. The van der Waals surface area contributed by atoms with Gasteiger partial charge in [0.05, 0.1) is 5.69 Å². The maximum Gasteiger partial charge on any atom is 0.257 e. The van der Waals surface area contributed by atoms with Crippen molar-refractivity contribution in [1.82, 2.24) is 9.88 Å². The van der Waals surface area contributed by atoms with Gasteiger partial charge < -0.3 is 10.2 Å². The molecule has 1 fully saturated rings. The molecule has 2 N–H and O–H groups in total. The summed E-state index contributed by atoms with van der Waals surface area (Å²) in [4.78, 5) is 41.5. The van der Waals surface area contributed by atoms with E-state index in [4.69, 9.17) is 0 Å². The van der Waals surface area contributed by atoms with E-state index in [0.29, 0.717) is 35.0 Å². The van der Waals surface area contributed by atoms with Crippen molar-refractivity contribution in [3.63, 3.8) is 0 Å². The van der Waals surface area contributed by atoms with Crippen LogP contribution in [-0.4, -0.2) is 34.2 Å². The van der Waals surface area contributed by atoms with Crippen molar-refractivity contribution in [2.24, 2.45) is 0 Å². The first kappa shape index (κ1) is 21.6. The molecule has 0 bridgehead atoms. The number of amides is 3. The third-order valence-corrected chi connectivity index (χ3v) is 5.81. The highest BCUT2D eigenvalue weighted by molar-refractivity contribution is 7.14. The highest BCUT2D eigenvalue weighted by Gasteiger charge is 2.20. The van der Waals surface area contributed by atoms with Crippen molar-refractivity contribution in [2.75, 3.05) is 17.2 Å². The molecular weight excluding hydrogens is 431 g/mol. The van der Waals surface area contributed by atoms with Crippen molar-refractivity contribution >= 4 is 39.9 Å². The molecule has 4 rings (SSSR count). The fraction of sp³-hybridized carbons (Fsp3) is 0.217. The van der Waals surface area contributed by atoms with Gasteiger partial charge in [0.2, 0.25) is 11.8 Å². The lowest BCUT2D eigenvalue weighted by Gasteiger charge is -2.15. The highest BCUT2D eigenvalue weighted by Crippen LogP contribution is 2.29. The second-order valence-corrected chi connectivity index (χ2v) is 8.34. The SMILES string of the molecule is CC(=O)Nc1ccc(-c2csc(NC(=O)c3ccc(CN4CCCC4=O)cc3)n2)c(F)c1. The van der Waals surface area contributed by atoms with Crippen LogP contribution in [0.2, 0.25) is 0 Å². The quantitative estimate of drug-likeness (QED) is 0.584. The average Bonchev–Trinajstić information content (AvgIpc) is 3.37. The summed E-state index contributed by atoms with van der Waals surface area (Å²) in [7, 11) is 0. The molecule has 2 aromatic carbocycles. The van der Waals surface area contributed by atoms with Gasteiger partial charge in [-0.25, -0.2) is 9.37 Å². The molecule has 2 heterocycles. The number of benzene rings is 2. The summed E-state index contributed by atoms with van der Waals surface area (Å²) < 4.78 is 14.4. The van der Waals surface area contributed by atoms with Gasteiger partial charge in [-0.15, -0.1) is 11.3 Å². The van der Waals surface area contributed by atoms with Crippen LogP contribution in [0.15, 0.2) is 47.8 Å². The largest absolute Gasteiger partial charge is 0.338 e. The molecule has 0 aliphatic carbocycles. The van der Waals surface area contributed by atoms with E-state index >= 15 is 0 Å². The first-order valence-corrected chi connectivity index (χ1v) is 11.0. The Morgan fingerprint density at radius 1 is 1.16 bits per heavy atom. The van der Waals surface area contributed by atoms with Crippen LogP contribution in [0.25, 0.3) is 11.3 Å². The zero-order valence-electron chi connectivity index (χ0n) is 17.4. The van der Waals surface area contributed by atoms with Crippen molar-refractivity contribution in [2.45, 2.75) is 26.3 Å². The number of halogens is 1. The zero-order valence-corrected chi connectivity index (χ0v) is 18.2. The van der Waals surface area contributed by atoms with E-state index in [2.05, 4.69) is 15.6 Å². The Balaban J connectivity index is 1.40. The summed E-state index contributed by atoms with van der Waals surface area (Å²) in [5.74, 6) is -0.969. The predicted octanol–water partition coefficient (Wildman–Crippen LogP) is 4.28. The number of aromatic nitrogens is 1. The van der Waals surface area contributed by atoms with Crippen LogP contribution in [0, 0.1) is 5.82 Å². The average molecular weight is 453 g/mol.